The third kappa shape index (κ3) is 6.81. The lowest BCUT2D eigenvalue weighted by Gasteiger charge is -2.14. The van der Waals surface area contributed by atoms with Crippen LogP contribution in [0.1, 0.15) is 25.0 Å². The average Bonchev–Trinajstić information content (AvgIpc) is 2.45. The maximum Gasteiger partial charge on any atom is 0.320 e. The quantitative estimate of drug-likeness (QED) is 0.526. The van der Waals surface area contributed by atoms with Crippen molar-refractivity contribution in [3.8, 4) is 0 Å². The second-order valence-corrected chi connectivity index (χ2v) is 7.29. The zero-order valence-electron chi connectivity index (χ0n) is 13.6. The summed E-state index contributed by atoms with van der Waals surface area (Å²) in [5.41, 5.74) is 1.38. The van der Waals surface area contributed by atoms with Crippen molar-refractivity contribution in [1.82, 2.24) is 0 Å². The summed E-state index contributed by atoms with van der Waals surface area (Å²) < 4.78 is 32.4. The van der Waals surface area contributed by atoms with E-state index in [1.807, 2.05) is 0 Å². The molecule has 128 valence electrons. The standard InChI is InChI=1S/C16H22O6S/c1-4-21-15(17)14(16(18)22-5-2)10-12-6-8-13(9-7-12)11-23(3,19)20/h6-9,14H,4-5,10-11H2,1-3H3. The van der Waals surface area contributed by atoms with Crippen LogP contribution in [0.5, 0.6) is 0 Å². The minimum atomic E-state index is -3.10. The van der Waals surface area contributed by atoms with Crippen LogP contribution in [0.25, 0.3) is 0 Å². The van der Waals surface area contributed by atoms with Crippen LogP contribution >= 0.6 is 0 Å². The van der Waals surface area contributed by atoms with Crippen molar-refractivity contribution in [2.75, 3.05) is 19.5 Å². The molecule has 0 fully saturated rings. The Balaban J connectivity index is 2.86. The van der Waals surface area contributed by atoms with E-state index < -0.39 is 27.7 Å². The fourth-order valence-electron chi connectivity index (χ4n) is 2.06. The van der Waals surface area contributed by atoms with Gasteiger partial charge in [0.15, 0.2) is 15.8 Å². The van der Waals surface area contributed by atoms with E-state index in [2.05, 4.69) is 0 Å². The molecule has 0 heterocycles. The van der Waals surface area contributed by atoms with Gasteiger partial charge >= 0.3 is 11.9 Å². The van der Waals surface area contributed by atoms with Crippen LogP contribution in [0.2, 0.25) is 0 Å². The highest BCUT2D eigenvalue weighted by molar-refractivity contribution is 7.89. The molecule has 7 heteroatoms. The van der Waals surface area contributed by atoms with E-state index in [-0.39, 0.29) is 25.4 Å². The van der Waals surface area contributed by atoms with Crippen molar-refractivity contribution >= 4 is 21.8 Å². The molecule has 0 N–H and O–H groups in total. The molecule has 0 atom stereocenters. The van der Waals surface area contributed by atoms with E-state index in [9.17, 15) is 18.0 Å². The molecule has 1 aromatic carbocycles. The molecule has 0 saturated carbocycles. The van der Waals surface area contributed by atoms with Crippen LogP contribution in [0.4, 0.5) is 0 Å². The molecule has 6 nitrogen and oxygen atoms in total. The van der Waals surface area contributed by atoms with Crippen LogP contribution in [0.15, 0.2) is 24.3 Å². The van der Waals surface area contributed by atoms with Gasteiger partial charge in [-0.15, -0.1) is 0 Å². The van der Waals surface area contributed by atoms with Gasteiger partial charge in [-0.1, -0.05) is 24.3 Å². The van der Waals surface area contributed by atoms with Gasteiger partial charge in [-0.3, -0.25) is 9.59 Å². The normalized spacial score (nSPS) is 11.3. The van der Waals surface area contributed by atoms with E-state index in [1.165, 1.54) is 6.26 Å². The maximum atomic E-state index is 11.9. The Morgan fingerprint density at radius 2 is 1.39 bits per heavy atom. The van der Waals surface area contributed by atoms with Gasteiger partial charge in [0, 0.05) is 6.26 Å². The van der Waals surface area contributed by atoms with E-state index in [1.54, 1.807) is 38.1 Å². The van der Waals surface area contributed by atoms with E-state index in [0.29, 0.717) is 5.56 Å². The predicted octanol–water partition coefficient (Wildman–Crippen LogP) is 1.52. The topological polar surface area (TPSA) is 86.7 Å². The van der Waals surface area contributed by atoms with Crippen molar-refractivity contribution in [2.45, 2.75) is 26.0 Å². The highest BCUT2D eigenvalue weighted by atomic mass is 32.2. The van der Waals surface area contributed by atoms with E-state index in [4.69, 9.17) is 9.47 Å². The van der Waals surface area contributed by atoms with Gasteiger partial charge in [0.05, 0.1) is 19.0 Å². The summed E-state index contributed by atoms with van der Waals surface area (Å²) in [6.45, 7) is 3.70. The third-order valence-electron chi connectivity index (χ3n) is 3.03. The minimum absolute atomic E-state index is 0.0491. The molecule has 1 rings (SSSR count). The fraction of sp³-hybridized carbons (Fsp3) is 0.500. The van der Waals surface area contributed by atoms with Gasteiger partial charge in [0.1, 0.15) is 0 Å². The summed E-state index contributed by atoms with van der Waals surface area (Å²) in [6, 6.07) is 6.74. The number of sulfone groups is 1. The Hall–Kier alpha value is -1.89. The second kappa shape index (κ2) is 8.67. The Morgan fingerprint density at radius 1 is 0.957 bits per heavy atom. The van der Waals surface area contributed by atoms with Crippen LogP contribution < -0.4 is 0 Å². The Bertz CT molecular complexity index is 615. The first-order valence-electron chi connectivity index (χ1n) is 7.35. The monoisotopic (exact) mass is 342 g/mol. The number of rotatable bonds is 8. The summed E-state index contributed by atoms with van der Waals surface area (Å²) in [5.74, 6) is -2.31. The fourth-order valence-corrected chi connectivity index (χ4v) is 2.86. The summed E-state index contributed by atoms with van der Waals surface area (Å²) >= 11 is 0. The molecule has 0 saturated heterocycles. The van der Waals surface area contributed by atoms with Gasteiger partial charge in [0.2, 0.25) is 0 Å². The first kappa shape index (κ1) is 19.2. The highest BCUT2D eigenvalue weighted by Crippen LogP contribution is 2.15. The molecule has 0 radical (unpaired) electrons. The van der Waals surface area contributed by atoms with Gasteiger partial charge in [-0.25, -0.2) is 8.42 Å². The first-order valence-corrected chi connectivity index (χ1v) is 9.41. The third-order valence-corrected chi connectivity index (χ3v) is 3.89. The Morgan fingerprint density at radius 3 is 1.78 bits per heavy atom. The number of carbonyl (C=O) groups is 2. The predicted molar refractivity (Wildman–Crippen MR) is 85.4 cm³/mol. The highest BCUT2D eigenvalue weighted by Gasteiger charge is 2.29. The molecule has 0 amide bonds. The summed E-state index contributed by atoms with van der Waals surface area (Å²) in [5, 5.41) is 0. The second-order valence-electron chi connectivity index (χ2n) is 5.15. The molecule has 0 aliphatic rings. The average molecular weight is 342 g/mol. The smallest absolute Gasteiger partial charge is 0.320 e. The van der Waals surface area contributed by atoms with Crippen molar-refractivity contribution in [3.05, 3.63) is 35.4 Å². The zero-order valence-corrected chi connectivity index (χ0v) is 14.4. The summed E-state index contributed by atoms with van der Waals surface area (Å²) in [6.07, 6.45) is 1.31. The zero-order chi connectivity index (χ0) is 17.5. The van der Waals surface area contributed by atoms with Gasteiger partial charge < -0.3 is 9.47 Å². The Kier molecular flexibility index (Phi) is 7.22. The number of esters is 2. The van der Waals surface area contributed by atoms with E-state index in [0.717, 1.165) is 5.56 Å². The first-order chi connectivity index (χ1) is 10.8. The SMILES string of the molecule is CCOC(=O)C(Cc1ccc(CS(C)(=O)=O)cc1)C(=O)OCC. The van der Waals surface area contributed by atoms with Gasteiger partial charge in [-0.05, 0) is 31.4 Å². The molecule has 23 heavy (non-hydrogen) atoms. The maximum absolute atomic E-state index is 11.9. The molecule has 0 bridgehead atoms. The van der Waals surface area contributed by atoms with Crippen LogP contribution in [0, 0.1) is 5.92 Å². The molecular weight excluding hydrogens is 320 g/mol. The molecule has 0 aliphatic heterocycles. The van der Waals surface area contributed by atoms with E-state index >= 15 is 0 Å². The lowest BCUT2D eigenvalue weighted by molar-refractivity contribution is -0.161. The number of ether oxygens (including phenoxy) is 2. The molecule has 0 aliphatic carbocycles. The van der Waals surface area contributed by atoms with Gasteiger partial charge in [-0.2, -0.15) is 0 Å². The van der Waals surface area contributed by atoms with Crippen LogP contribution in [0.3, 0.4) is 0 Å². The summed E-state index contributed by atoms with van der Waals surface area (Å²) in [4.78, 5) is 23.8. The van der Waals surface area contributed by atoms with Gasteiger partial charge in [0.25, 0.3) is 0 Å². The van der Waals surface area contributed by atoms with Crippen molar-refractivity contribution in [1.29, 1.82) is 0 Å². The molecule has 0 spiro atoms. The lowest BCUT2D eigenvalue weighted by atomic mass is 9.98. The number of hydrogen-bond acceptors (Lipinski definition) is 6. The number of benzene rings is 1. The Labute approximate surface area is 136 Å². The van der Waals surface area contributed by atoms with Crippen LogP contribution in [-0.4, -0.2) is 39.8 Å². The van der Waals surface area contributed by atoms with Crippen molar-refractivity contribution in [2.24, 2.45) is 5.92 Å². The number of hydrogen-bond donors (Lipinski definition) is 0. The molecule has 0 unspecified atom stereocenters. The molecule has 1 aromatic rings. The molecule has 0 aromatic heterocycles. The largest absolute Gasteiger partial charge is 0.465 e. The lowest BCUT2D eigenvalue weighted by Crippen LogP contribution is -2.30. The van der Waals surface area contributed by atoms with Crippen molar-refractivity contribution in [3.63, 3.8) is 0 Å². The summed E-state index contributed by atoms with van der Waals surface area (Å²) in [7, 11) is -3.10. The minimum Gasteiger partial charge on any atom is -0.465 e. The number of carbonyl (C=O) groups excluding carboxylic acids is 2. The van der Waals surface area contributed by atoms with Crippen molar-refractivity contribution < 1.29 is 27.5 Å². The van der Waals surface area contributed by atoms with Crippen LogP contribution in [-0.2, 0) is 41.1 Å². The molecular formula is C16H22O6S.